The molecule has 0 aromatic rings. The molecule has 2 N–H and O–H groups in total. The Morgan fingerprint density at radius 1 is 0.741 bits per heavy atom. The van der Waals surface area contributed by atoms with Crippen molar-refractivity contribution in [3.8, 4) is 0 Å². The highest BCUT2D eigenvalue weighted by molar-refractivity contribution is 5.78. The number of rotatable bonds is 18. The van der Waals surface area contributed by atoms with Crippen LogP contribution in [0.3, 0.4) is 0 Å². The van der Waals surface area contributed by atoms with E-state index in [0.29, 0.717) is 6.42 Å². The molecule has 3 heteroatoms. The lowest BCUT2D eigenvalue weighted by Gasteiger charge is -2.08. The second-order valence-corrected chi connectivity index (χ2v) is 6.95. The number of ketones is 1. The zero-order valence-corrected chi connectivity index (χ0v) is 17.2. The maximum absolute atomic E-state index is 11.7. The molecule has 0 amide bonds. The Kier molecular flexibility index (Phi) is 19.7. The van der Waals surface area contributed by atoms with E-state index in [1.165, 1.54) is 25.7 Å². The minimum atomic E-state index is -0.297. The number of aliphatic hydroxyl groups is 2. The Balaban J connectivity index is 3.55. The van der Waals surface area contributed by atoms with Crippen molar-refractivity contribution in [2.45, 2.75) is 77.6 Å². The van der Waals surface area contributed by atoms with Crippen molar-refractivity contribution in [1.82, 2.24) is 0 Å². The van der Waals surface area contributed by atoms with E-state index in [0.717, 1.165) is 32.1 Å². The molecule has 154 valence electrons. The smallest absolute Gasteiger partial charge is 0.133 e. The van der Waals surface area contributed by atoms with Gasteiger partial charge in [-0.2, -0.15) is 0 Å². The molecule has 0 fully saturated rings. The Hall–Kier alpha value is -1.45. The summed E-state index contributed by atoms with van der Waals surface area (Å²) in [5, 5.41) is 17.9. The Labute approximate surface area is 166 Å². The number of carbonyl (C=O) groups excluding carboxylic acids is 1. The van der Waals surface area contributed by atoms with Gasteiger partial charge in [0.15, 0.2) is 0 Å². The number of allylic oxidation sites excluding steroid dienone is 8. The molecule has 0 bridgehead atoms. The van der Waals surface area contributed by atoms with Crippen LogP contribution in [0.15, 0.2) is 48.6 Å². The summed E-state index contributed by atoms with van der Waals surface area (Å²) in [4.78, 5) is 11.7. The van der Waals surface area contributed by atoms with E-state index in [1.54, 1.807) is 0 Å². The Morgan fingerprint density at radius 2 is 1.22 bits per heavy atom. The van der Waals surface area contributed by atoms with Gasteiger partial charge in [0.25, 0.3) is 0 Å². The van der Waals surface area contributed by atoms with Gasteiger partial charge in [0.2, 0.25) is 0 Å². The van der Waals surface area contributed by atoms with Crippen LogP contribution in [0.5, 0.6) is 0 Å². The predicted molar refractivity (Wildman–Crippen MR) is 116 cm³/mol. The van der Waals surface area contributed by atoms with Gasteiger partial charge in [-0.25, -0.2) is 0 Å². The molecule has 0 heterocycles. The third kappa shape index (κ3) is 19.1. The largest absolute Gasteiger partial charge is 0.396 e. The van der Waals surface area contributed by atoms with Crippen molar-refractivity contribution in [2.24, 2.45) is 5.92 Å². The molecule has 0 saturated heterocycles. The molecule has 0 aliphatic heterocycles. The summed E-state index contributed by atoms with van der Waals surface area (Å²) in [7, 11) is 0. The summed E-state index contributed by atoms with van der Waals surface area (Å²) in [5.41, 5.74) is 0. The monoisotopic (exact) mass is 376 g/mol. The zero-order valence-electron chi connectivity index (χ0n) is 17.2. The fourth-order valence-corrected chi connectivity index (χ4v) is 2.59. The van der Waals surface area contributed by atoms with Gasteiger partial charge in [-0.1, -0.05) is 68.4 Å². The SMILES string of the molecule is CCCCC/C=C\C/C=C\C/C=C\C/C=C\CCCC(=O)CC(CO)CO. The molecule has 0 aromatic carbocycles. The van der Waals surface area contributed by atoms with Crippen molar-refractivity contribution in [3.63, 3.8) is 0 Å². The standard InChI is InChI=1S/C24H40O3/c1-2-3-4-5-6-7-8-9-10-11-12-13-14-15-16-17-18-19-24(27)20-23(21-25)22-26/h6-7,9-10,12-13,15-16,23,25-26H,2-5,8,11,14,17-22H2,1H3/b7-6-,10-9-,13-12-,16-15-. The highest BCUT2D eigenvalue weighted by Gasteiger charge is 2.11. The lowest BCUT2D eigenvalue weighted by atomic mass is 10.0. The van der Waals surface area contributed by atoms with Crippen LogP contribution in [0.2, 0.25) is 0 Å². The third-order valence-electron chi connectivity index (χ3n) is 4.32. The number of hydrogen-bond donors (Lipinski definition) is 2. The quantitative estimate of drug-likeness (QED) is 0.238. The Bertz CT molecular complexity index is 443. The number of aliphatic hydroxyl groups excluding tert-OH is 2. The van der Waals surface area contributed by atoms with Gasteiger partial charge >= 0.3 is 0 Å². The topological polar surface area (TPSA) is 57.5 Å². The minimum absolute atomic E-state index is 0.124. The van der Waals surface area contributed by atoms with E-state index in [1.807, 2.05) is 0 Å². The molecule has 0 aromatic heterocycles. The van der Waals surface area contributed by atoms with Crippen molar-refractivity contribution in [3.05, 3.63) is 48.6 Å². The zero-order chi connectivity index (χ0) is 20.0. The molecule has 0 spiro atoms. The summed E-state index contributed by atoms with van der Waals surface area (Å²) in [5.74, 6) is -0.173. The third-order valence-corrected chi connectivity index (χ3v) is 4.32. The number of carbonyl (C=O) groups is 1. The maximum atomic E-state index is 11.7. The van der Waals surface area contributed by atoms with Gasteiger partial charge in [0.1, 0.15) is 5.78 Å². The molecule has 0 aliphatic rings. The van der Waals surface area contributed by atoms with Gasteiger partial charge in [0.05, 0.1) is 0 Å². The van der Waals surface area contributed by atoms with E-state index in [4.69, 9.17) is 10.2 Å². The minimum Gasteiger partial charge on any atom is -0.396 e. The van der Waals surface area contributed by atoms with Crippen LogP contribution in [0, 0.1) is 5.92 Å². The molecule has 0 saturated carbocycles. The van der Waals surface area contributed by atoms with Crippen LogP contribution in [0.4, 0.5) is 0 Å². The molecule has 3 nitrogen and oxygen atoms in total. The molecule has 27 heavy (non-hydrogen) atoms. The summed E-state index contributed by atoms with van der Waals surface area (Å²) in [6, 6.07) is 0. The number of Topliss-reactive ketones (excluding diaryl/α,β-unsaturated/α-hetero) is 1. The van der Waals surface area contributed by atoms with Crippen LogP contribution in [-0.4, -0.2) is 29.2 Å². The van der Waals surface area contributed by atoms with E-state index < -0.39 is 0 Å². The fraction of sp³-hybridized carbons (Fsp3) is 0.625. The summed E-state index contributed by atoms with van der Waals surface area (Å²) >= 11 is 0. The average Bonchev–Trinajstić information content (AvgIpc) is 2.68. The van der Waals surface area contributed by atoms with Gasteiger partial charge in [-0.3, -0.25) is 4.79 Å². The molecule has 0 unspecified atom stereocenters. The maximum Gasteiger partial charge on any atom is 0.133 e. The lowest BCUT2D eigenvalue weighted by Crippen LogP contribution is -2.15. The van der Waals surface area contributed by atoms with Crippen molar-refractivity contribution in [1.29, 1.82) is 0 Å². The van der Waals surface area contributed by atoms with E-state index in [9.17, 15) is 4.79 Å². The second-order valence-electron chi connectivity index (χ2n) is 6.95. The molecule has 0 atom stereocenters. The summed E-state index contributed by atoms with van der Waals surface area (Å²) in [6.45, 7) is 1.98. The van der Waals surface area contributed by atoms with Crippen LogP contribution < -0.4 is 0 Å². The van der Waals surface area contributed by atoms with Crippen LogP contribution in [0.25, 0.3) is 0 Å². The summed E-state index contributed by atoms with van der Waals surface area (Å²) in [6.07, 6.45) is 28.1. The van der Waals surface area contributed by atoms with Gasteiger partial charge < -0.3 is 10.2 Å². The van der Waals surface area contributed by atoms with E-state index in [-0.39, 0.29) is 31.3 Å². The Morgan fingerprint density at radius 3 is 1.70 bits per heavy atom. The van der Waals surface area contributed by atoms with Gasteiger partial charge in [0, 0.05) is 32.0 Å². The van der Waals surface area contributed by atoms with Crippen LogP contribution in [0.1, 0.15) is 77.6 Å². The van der Waals surface area contributed by atoms with Gasteiger partial charge in [-0.05, 0) is 44.9 Å². The summed E-state index contributed by atoms with van der Waals surface area (Å²) < 4.78 is 0. The molecular weight excluding hydrogens is 336 g/mol. The second kappa shape index (κ2) is 20.9. The lowest BCUT2D eigenvalue weighted by molar-refractivity contribution is -0.120. The predicted octanol–water partition coefficient (Wildman–Crippen LogP) is 5.69. The first-order chi connectivity index (χ1) is 13.2. The molecular formula is C24H40O3. The van der Waals surface area contributed by atoms with E-state index in [2.05, 4.69) is 55.5 Å². The molecule has 0 radical (unpaired) electrons. The highest BCUT2D eigenvalue weighted by Crippen LogP contribution is 2.07. The average molecular weight is 377 g/mol. The number of unbranched alkanes of at least 4 members (excludes halogenated alkanes) is 4. The van der Waals surface area contributed by atoms with Gasteiger partial charge in [-0.15, -0.1) is 0 Å². The molecule has 0 aliphatic carbocycles. The van der Waals surface area contributed by atoms with Crippen LogP contribution >= 0.6 is 0 Å². The van der Waals surface area contributed by atoms with Crippen molar-refractivity contribution < 1.29 is 15.0 Å². The number of hydrogen-bond acceptors (Lipinski definition) is 3. The normalized spacial score (nSPS) is 12.6. The van der Waals surface area contributed by atoms with Crippen molar-refractivity contribution in [2.75, 3.05) is 13.2 Å². The first kappa shape index (κ1) is 25.6. The van der Waals surface area contributed by atoms with Crippen LogP contribution in [-0.2, 0) is 4.79 Å². The fourth-order valence-electron chi connectivity index (χ4n) is 2.59. The van der Waals surface area contributed by atoms with Crippen molar-refractivity contribution >= 4 is 5.78 Å². The molecule has 0 rings (SSSR count). The first-order valence-electron chi connectivity index (χ1n) is 10.6. The van der Waals surface area contributed by atoms with E-state index >= 15 is 0 Å². The first-order valence-corrected chi connectivity index (χ1v) is 10.6. The highest BCUT2D eigenvalue weighted by atomic mass is 16.3.